The number of hydrogen-bond acceptors (Lipinski definition) is 1. The monoisotopic (exact) mass is 182 g/mol. The van der Waals surface area contributed by atoms with Crippen LogP contribution < -0.4 is 0 Å². The van der Waals surface area contributed by atoms with Crippen LogP contribution >= 0.6 is 0 Å². The van der Waals surface area contributed by atoms with Crippen LogP contribution in [0.25, 0.3) is 0 Å². The molecule has 0 aliphatic heterocycles. The standard InChI is InChI=1S/C12H22O/c13-12-9-6-4-2-1-3-5-7-11(12)8-10-12/h11,13H,1-10H2/t11-,12-/m1/s1. The zero-order chi connectivity index (χ0) is 9.15. The molecule has 13 heavy (non-hydrogen) atoms. The van der Waals surface area contributed by atoms with Gasteiger partial charge in [-0.25, -0.2) is 0 Å². The molecular formula is C12H22O. The van der Waals surface area contributed by atoms with Crippen molar-refractivity contribution in [3.63, 3.8) is 0 Å². The molecule has 2 rings (SSSR count). The summed E-state index contributed by atoms with van der Waals surface area (Å²) in [7, 11) is 0. The summed E-state index contributed by atoms with van der Waals surface area (Å²) in [5, 5.41) is 10.3. The van der Waals surface area contributed by atoms with Crippen LogP contribution in [0.1, 0.15) is 64.2 Å². The van der Waals surface area contributed by atoms with Crippen molar-refractivity contribution >= 4 is 0 Å². The zero-order valence-corrected chi connectivity index (χ0v) is 8.60. The first-order chi connectivity index (χ1) is 6.31. The molecule has 0 saturated heterocycles. The van der Waals surface area contributed by atoms with Gasteiger partial charge in [0.1, 0.15) is 0 Å². The minimum atomic E-state index is -0.225. The third-order valence-electron chi connectivity index (χ3n) is 4.10. The van der Waals surface area contributed by atoms with E-state index in [-0.39, 0.29) is 5.60 Å². The molecule has 0 amide bonds. The van der Waals surface area contributed by atoms with E-state index in [9.17, 15) is 5.11 Å². The number of aliphatic hydroxyl groups is 1. The fourth-order valence-electron chi connectivity index (χ4n) is 2.95. The van der Waals surface area contributed by atoms with Crippen LogP contribution in [0.5, 0.6) is 0 Å². The number of rotatable bonds is 0. The van der Waals surface area contributed by atoms with Crippen LogP contribution in [0, 0.1) is 5.92 Å². The lowest BCUT2D eigenvalue weighted by Gasteiger charge is -2.46. The molecule has 0 aromatic heterocycles. The Morgan fingerprint density at radius 2 is 1.46 bits per heavy atom. The van der Waals surface area contributed by atoms with Gasteiger partial charge in [-0.2, -0.15) is 0 Å². The molecule has 0 bridgehead atoms. The Morgan fingerprint density at radius 3 is 2.15 bits per heavy atom. The maximum absolute atomic E-state index is 10.3. The molecule has 0 heterocycles. The number of hydrogen-bond donors (Lipinski definition) is 1. The van der Waals surface area contributed by atoms with Gasteiger partial charge in [0.25, 0.3) is 0 Å². The topological polar surface area (TPSA) is 20.2 Å². The molecule has 2 atom stereocenters. The molecule has 2 aliphatic carbocycles. The van der Waals surface area contributed by atoms with Gasteiger partial charge in [0, 0.05) is 0 Å². The van der Waals surface area contributed by atoms with Crippen LogP contribution in [-0.2, 0) is 0 Å². The second-order valence-electron chi connectivity index (χ2n) is 5.00. The average Bonchev–Trinajstić information content (AvgIpc) is 2.12. The molecule has 0 spiro atoms. The highest BCUT2D eigenvalue weighted by molar-refractivity contribution is 4.95. The lowest BCUT2D eigenvalue weighted by atomic mass is 9.64. The van der Waals surface area contributed by atoms with E-state index in [1.54, 1.807) is 0 Å². The van der Waals surface area contributed by atoms with Crippen molar-refractivity contribution in [1.82, 2.24) is 0 Å². The van der Waals surface area contributed by atoms with E-state index in [2.05, 4.69) is 0 Å². The van der Waals surface area contributed by atoms with E-state index < -0.39 is 0 Å². The summed E-state index contributed by atoms with van der Waals surface area (Å²) in [6.07, 6.45) is 12.9. The smallest absolute Gasteiger partial charge is 0.0676 e. The SMILES string of the molecule is O[C@@]12CCCCCCCC[C@@H]1CC2. The maximum Gasteiger partial charge on any atom is 0.0676 e. The first-order valence-electron chi connectivity index (χ1n) is 6.04. The Labute approximate surface area is 81.5 Å². The van der Waals surface area contributed by atoms with Crippen molar-refractivity contribution in [1.29, 1.82) is 0 Å². The molecule has 1 N–H and O–H groups in total. The summed E-state index contributed by atoms with van der Waals surface area (Å²) < 4.78 is 0. The van der Waals surface area contributed by atoms with E-state index in [4.69, 9.17) is 0 Å². The fraction of sp³-hybridized carbons (Fsp3) is 1.00. The first kappa shape index (κ1) is 9.51. The van der Waals surface area contributed by atoms with E-state index in [0.717, 1.165) is 12.8 Å². The highest BCUT2D eigenvalue weighted by atomic mass is 16.3. The van der Waals surface area contributed by atoms with Crippen molar-refractivity contribution in [3.05, 3.63) is 0 Å². The minimum Gasteiger partial charge on any atom is -0.390 e. The van der Waals surface area contributed by atoms with Crippen LogP contribution in [0.15, 0.2) is 0 Å². The molecule has 2 saturated carbocycles. The normalized spacial score (nSPS) is 41.8. The Bertz CT molecular complexity index is 167. The summed E-state index contributed by atoms with van der Waals surface area (Å²) >= 11 is 0. The molecule has 76 valence electrons. The Kier molecular flexibility index (Phi) is 2.92. The van der Waals surface area contributed by atoms with Crippen molar-refractivity contribution < 1.29 is 5.11 Å². The van der Waals surface area contributed by atoms with Crippen molar-refractivity contribution in [2.45, 2.75) is 69.8 Å². The summed E-state index contributed by atoms with van der Waals surface area (Å²) in [6.45, 7) is 0. The summed E-state index contributed by atoms with van der Waals surface area (Å²) in [5.41, 5.74) is -0.225. The first-order valence-corrected chi connectivity index (χ1v) is 6.04. The van der Waals surface area contributed by atoms with Gasteiger partial charge in [-0.05, 0) is 31.6 Å². The summed E-state index contributed by atoms with van der Waals surface area (Å²) in [5.74, 6) is 0.658. The molecule has 2 aliphatic rings. The Morgan fingerprint density at radius 1 is 0.769 bits per heavy atom. The molecule has 0 aromatic rings. The molecule has 0 unspecified atom stereocenters. The highest BCUT2D eigenvalue weighted by Crippen LogP contribution is 2.45. The van der Waals surface area contributed by atoms with Crippen LogP contribution in [0.4, 0.5) is 0 Å². The second kappa shape index (κ2) is 4.00. The highest BCUT2D eigenvalue weighted by Gasteiger charge is 2.43. The average molecular weight is 182 g/mol. The molecule has 1 heteroatoms. The summed E-state index contributed by atoms with van der Waals surface area (Å²) in [6, 6.07) is 0. The van der Waals surface area contributed by atoms with Gasteiger partial charge >= 0.3 is 0 Å². The van der Waals surface area contributed by atoms with Crippen molar-refractivity contribution in [3.8, 4) is 0 Å². The Balaban J connectivity index is 1.87. The predicted molar refractivity (Wildman–Crippen MR) is 54.6 cm³/mol. The molecule has 0 aromatic carbocycles. The van der Waals surface area contributed by atoms with Crippen LogP contribution in [-0.4, -0.2) is 10.7 Å². The van der Waals surface area contributed by atoms with E-state index in [1.807, 2.05) is 0 Å². The van der Waals surface area contributed by atoms with Gasteiger partial charge in [-0.1, -0.05) is 38.5 Å². The van der Waals surface area contributed by atoms with Gasteiger partial charge in [0.2, 0.25) is 0 Å². The van der Waals surface area contributed by atoms with Gasteiger partial charge < -0.3 is 5.11 Å². The lowest BCUT2D eigenvalue weighted by molar-refractivity contribution is -0.106. The summed E-state index contributed by atoms with van der Waals surface area (Å²) in [4.78, 5) is 0. The molecular weight excluding hydrogens is 160 g/mol. The molecule has 2 fully saturated rings. The van der Waals surface area contributed by atoms with E-state index >= 15 is 0 Å². The third kappa shape index (κ3) is 2.07. The van der Waals surface area contributed by atoms with Gasteiger partial charge in [0.05, 0.1) is 5.60 Å². The largest absolute Gasteiger partial charge is 0.390 e. The number of fused-ring (bicyclic) bond motifs is 1. The van der Waals surface area contributed by atoms with Gasteiger partial charge in [-0.15, -0.1) is 0 Å². The fourth-order valence-corrected chi connectivity index (χ4v) is 2.95. The zero-order valence-electron chi connectivity index (χ0n) is 8.60. The van der Waals surface area contributed by atoms with Crippen LogP contribution in [0.2, 0.25) is 0 Å². The maximum atomic E-state index is 10.3. The van der Waals surface area contributed by atoms with Gasteiger partial charge in [-0.3, -0.25) is 0 Å². The van der Waals surface area contributed by atoms with Crippen molar-refractivity contribution in [2.75, 3.05) is 0 Å². The minimum absolute atomic E-state index is 0.225. The molecule has 0 radical (unpaired) electrons. The predicted octanol–water partition coefficient (Wildman–Crippen LogP) is 3.26. The van der Waals surface area contributed by atoms with Gasteiger partial charge in [0.15, 0.2) is 0 Å². The second-order valence-corrected chi connectivity index (χ2v) is 5.00. The third-order valence-corrected chi connectivity index (χ3v) is 4.10. The lowest BCUT2D eigenvalue weighted by Crippen LogP contribution is -2.47. The molecule has 1 nitrogen and oxygen atoms in total. The van der Waals surface area contributed by atoms with Crippen LogP contribution in [0.3, 0.4) is 0 Å². The van der Waals surface area contributed by atoms with Crippen molar-refractivity contribution in [2.24, 2.45) is 5.92 Å². The van der Waals surface area contributed by atoms with E-state index in [1.165, 1.54) is 51.4 Å². The Hall–Kier alpha value is -0.0400. The quantitative estimate of drug-likeness (QED) is 0.609. The van der Waals surface area contributed by atoms with E-state index in [0.29, 0.717) is 5.92 Å².